The molecule has 94 valence electrons. The molecule has 0 saturated carbocycles. The van der Waals surface area contributed by atoms with Gasteiger partial charge in [0.25, 0.3) is 0 Å². The average Bonchev–Trinajstić information content (AvgIpc) is 2.84. The van der Waals surface area contributed by atoms with Crippen LogP contribution in [0.5, 0.6) is 0 Å². The van der Waals surface area contributed by atoms with Crippen LogP contribution in [0.2, 0.25) is 0 Å². The quantitative estimate of drug-likeness (QED) is 0.687. The summed E-state index contributed by atoms with van der Waals surface area (Å²) in [5, 5.41) is 18.6. The molecule has 0 unspecified atom stereocenters. The molecule has 0 spiro atoms. The largest absolute Gasteiger partial charge is 0.545 e. The molecule has 1 aliphatic heterocycles. The second-order valence-corrected chi connectivity index (χ2v) is 4.08. The fourth-order valence-corrected chi connectivity index (χ4v) is 1.86. The summed E-state index contributed by atoms with van der Waals surface area (Å²) in [5.74, 6) is -1.13. The molecule has 17 heavy (non-hydrogen) atoms. The van der Waals surface area contributed by atoms with E-state index in [9.17, 15) is 9.90 Å². The highest BCUT2D eigenvalue weighted by atomic mass is 16.4. The molecule has 1 saturated heterocycles. The van der Waals surface area contributed by atoms with E-state index >= 15 is 0 Å². The van der Waals surface area contributed by atoms with E-state index in [1.807, 2.05) is 0 Å². The molecule has 1 heterocycles. The van der Waals surface area contributed by atoms with Crippen molar-refractivity contribution in [1.82, 2.24) is 0 Å². The van der Waals surface area contributed by atoms with E-state index in [4.69, 9.17) is 5.11 Å². The van der Waals surface area contributed by atoms with Crippen LogP contribution >= 0.6 is 0 Å². The summed E-state index contributed by atoms with van der Waals surface area (Å²) in [4.78, 5) is 11.7. The fourth-order valence-electron chi connectivity index (χ4n) is 1.86. The van der Waals surface area contributed by atoms with Crippen LogP contribution in [0.3, 0.4) is 0 Å². The summed E-state index contributed by atoms with van der Waals surface area (Å²) >= 11 is 0. The molecule has 0 atom stereocenters. The second kappa shape index (κ2) is 7.81. The minimum Gasteiger partial charge on any atom is -0.545 e. The number of aromatic carboxylic acids is 1. The van der Waals surface area contributed by atoms with Crippen molar-refractivity contribution < 1.29 is 19.9 Å². The van der Waals surface area contributed by atoms with Gasteiger partial charge in [0.1, 0.15) is 6.54 Å². The maximum absolute atomic E-state index is 10.1. The van der Waals surface area contributed by atoms with Gasteiger partial charge in [-0.15, -0.1) is 0 Å². The zero-order chi connectivity index (χ0) is 12.5. The van der Waals surface area contributed by atoms with Crippen LogP contribution in [-0.2, 0) is 0 Å². The molecule has 0 radical (unpaired) electrons. The summed E-state index contributed by atoms with van der Waals surface area (Å²) in [7, 11) is 0. The number of carbonyl (C=O) groups is 1. The van der Waals surface area contributed by atoms with Crippen LogP contribution < -0.4 is 10.0 Å². The summed E-state index contributed by atoms with van der Waals surface area (Å²) in [6.07, 6.45) is 2.71. The Labute approximate surface area is 101 Å². The molecule has 2 rings (SSSR count). The van der Waals surface area contributed by atoms with E-state index in [2.05, 4.69) is 0 Å². The lowest BCUT2D eigenvalue weighted by molar-refractivity contribution is -0.887. The van der Waals surface area contributed by atoms with Crippen molar-refractivity contribution in [2.75, 3.05) is 26.2 Å². The van der Waals surface area contributed by atoms with Crippen molar-refractivity contribution in [1.29, 1.82) is 0 Å². The van der Waals surface area contributed by atoms with Gasteiger partial charge in [0.05, 0.1) is 25.7 Å². The Morgan fingerprint density at radius 1 is 1.24 bits per heavy atom. The minimum atomic E-state index is -1.13. The van der Waals surface area contributed by atoms with Crippen LogP contribution in [0.4, 0.5) is 0 Å². The zero-order valence-corrected chi connectivity index (χ0v) is 9.89. The fraction of sp³-hybridized carbons (Fsp3) is 0.462. The molecule has 4 heteroatoms. The minimum absolute atomic E-state index is 0.220. The first-order valence-corrected chi connectivity index (χ1v) is 5.95. The average molecular weight is 237 g/mol. The molecule has 0 aliphatic carbocycles. The van der Waals surface area contributed by atoms with Gasteiger partial charge in [-0.1, -0.05) is 30.3 Å². The monoisotopic (exact) mass is 237 g/mol. The molecule has 0 amide bonds. The first-order valence-electron chi connectivity index (χ1n) is 5.95. The molecular formula is C13H19NO3. The number of rotatable bonds is 3. The Bertz CT molecular complexity index is 321. The lowest BCUT2D eigenvalue weighted by Gasteiger charge is -2.07. The Kier molecular flexibility index (Phi) is 6.29. The Morgan fingerprint density at radius 3 is 2.24 bits per heavy atom. The maximum atomic E-state index is 10.1. The van der Waals surface area contributed by atoms with Gasteiger partial charge in [0, 0.05) is 12.8 Å². The molecule has 0 bridgehead atoms. The number of carbonyl (C=O) groups excluding carboxylic acids is 1. The van der Waals surface area contributed by atoms with Gasteiger partial charge in [0.15, 0.2) is 0 Å². The van der Waals surface area contributed by atoms with Gasteiger partial charge >= 0.3 is 0 Å². The third kappa shape index (κ3) is 5.47. The number of benzene rings is 1. The third-order valence-electron chi connectivity index (χ3n) is 2.79. The van der Waals surface area contributed by atoms with E-state index < -0.39 is 5.97 Å². The smallest absolute Gasteiger partial charge is 0.101 e. The Balaban J connectivity index is 0.000000171. The molecular weight excluding hydrogens is 218 g/mol. The maximum Gasteiger partial charge on any atom is 0.101 e. The highest BCUT2D eigenvalue weighted by molar-refractivity contribution is 5.85. The number of carboxylic acids is 1. The Morgan fingerprint density at radius 2 is 1.82 bits per heavy atom. The van der Waals surface area contributed by atoms with Crippen LogP contribution in [0.1, 0.15) is 23.2 Å². The van der Waals surface area contributed by atoms with E-state index in [0.717, 1.165) is 6.54 Å². The molecule has 1 fully saturated rings. The summed E-state index contributed by atoms with van der Waals surface area (Å²) in [5.41, 5.74) is 0.220. The summed E-state index contributed by atoms with van der Waals surface area (Å²) < 4.78 is 0. The van der Waals surface area contributed by atoms with Crippen LogP contribution in [0.25, 0.3) is 0 Å². The number of carboxylic acid groups (broad SMARTS) is 1. The predicted molar refractivity (Wildman–Crippen MR) is 62.7 cm³/mol. The van der Waals surface area contributed by atoms with Crippen molar-refractivity contribution in [2.24, 2.45) is 0 Å². The molecule has 0 aromatic heterocycles. The normalized spacial score (nSPS) is 15.1. The SMILES string of the molecule is O=C([O-])c1ccccc1.OCC[NH+]1CCCC1. The number of aliphatic hydroxyl groups excluding tert-OH is 1. The first-order chi connectivity index (χ1) is 8.24. The zero-order valence-electron chi connectivity index (χ0n) is 9.89. The van der Waals surface area contributed by atoms with Crippen LogP contribution in [0, 0.1) is 0 Å². The van der Waals surface area contributed by atoms with Crippen molar-refractivity contribution in [2.45, 2.75) is 12.8 Å². The standard InChI is InChI=1S/C7H6O2.C6H13NO/c8-7(9)6-4-2-1-3-5-6;8-6-5-7-3-1-2-4-7/h1-5H,(H,8,9);8H,1-6H2. The Hall–Kier alpha value is -1.39. The van der Waals surface area contributed by atoms with Crippen molar-refractivity contribution in [3.8, 4) is 0 Å². The number of likely N-dealkylation sites (tertiary alicyclic amines) is 1. The van der Waals surface area contributed by atoms with Crippen molar-refractivity contribution in [3.05, 3.63) is 35.9 Å². The lowest BCUT2D eigenvalue weighted by Crippen LogP contribution is -3.10. The summed E-state index contributed by atoms with van der Waals surface area (Å²) in [6, 6.07) is 8.06. The molecule has 4 nitrogen and oxygen atoms in total. The highest BCUT2D eigenvalue weighted by Gasteiger charge is 2.12. The topological polar surface area (TPSA) is 64.8 Å². The third-order valence-corrected chi connectivity index (χ3v) is 2.79. The van der Waals surface area contributed by atoms with Gasteiger partial charge in [0.2, 0.25) is 0 Å². The van der Waals surface area contributed by atoms with Crippen molar-refractivity contribution in [3.63, 3.8) is 0 Å². The van der Waals surface area contributed by atoms with Gasteiger partial charge in [-0.05, 0) is 5.56 Å². The summed E-state index contributed by atoms with van der Waals surface area (Å²) in [6.45, 7) is 3.87. The van der Waals surface area contributed by atoms with Gasteiger partial charge in [-0.3, -0.25) is 0 Å². The number of hydrogen-bond donors (Lipinski definition) is 2. The van der Waals surface area contributed by atoms with Crippen molar-refractivity contribution >= 4 is 5.97 Å². The predicted octanol–water partition coefficient (Wildman–Crippen LogP) is -1.29. The van der Waals surface area contributed by atoms with E-state index in [1.54, 1.807) is 23.1 Å². The highest BCUT2D eigenvalue weighted by Crippen LogP contribution is 1.94. The number of hydrogen-bond acceptors (Lipinski definition) is 3. The van der Waals surface area contributed by atoms with Crippen LogP contribution in [-0.4, -0.2) is 37.3 Å². The number of aliphatic hydroxyl groups is 1. The molecule has 1 aromatic rings. The van der Waals surface area contributed by atoms with Gasteiger partial charge in [-0.2, -0.15) is 0 Å². The molecule has 2 N–H and O–H groups in total. The van der Waals surface area contributed by atoms with E-state index in [0.29, 0.717) is 6.61 Å². The number of nitrogens with one attached hydrogen (secondary N) is 1. The van der Waals surface area contributed by atoms with Gasteiger partial charge in [-0.25, -0.2) is 0 Å². The van der Waals surface area contributed by atoms with E-state index in [-0.39, 0.29) is 5.56 Å². The second-order valence-electron chi connectivity index (χ2n) is 4.08. The van der Waals surface area contributed by atoms with E-state index in [1.165, 1.54) is 38.1 Å². The lowest BCUT2D eigenvalue weighted by atomic mass is 10.2. The van der Waals surface area contributed by atoms with Crippen LogP contribution in [0.15, 0.2) is 30.3 Å². The number of quaternary nitrogens is 1. The molecule has 1 aromatic carbocycles. The first kappa shape index (κ1) is 13.7. The molecule has 1 aliphatic rings. The van der Waals surface area contributed by atoms with Gasteiger partial charge < -0.3 is 19.9 Å².